The summed E-state index contributed by atoms with van der Waals surface area (Å²) in [6.07, 6.45) is 0. The Labute approximate surface area is 161 Å². The Kier molecular flexibility index (Phi) is 4.70. The molecule has 0 aromatic heterocycles. The summed E-state index contributed by atoms with van der Waals surface area (Å²) in [4.78, 5) is 27.3. The molecule has 0 saturated heterocycles. The summed E-state index contributed by atoms with van der Waals surface area (Å²) >= 11 is 1.50. The van der Waals surface area contributed by atoms with Crippen LogP contribution < -0.4 is 14.8 Å². The number of hydrogen-bond donors (Lipinski definition) is 1. The first-order valence-corrected chi connectivity index (χ1v) is 9.65. The fraction of sp³-hybridized carbons (Fsp3) is 0.300. The van der Waals surface area contributed by atoms with E-state index >= 15 is 0 Å². The van der Waals surface area contributed by atoms with Gasteiger partial charge in [0.25, 0.3) is 5.91 Å². The quantitative estimate of drug-likeness (QED) is 0.880. The van der Waals surface area contributed by atoms with Crippen LogP contribution in [0.1, 0.15) is 22.8 Å². The molecule has 0 fully saturated rings. The van der Waals surface area contributed by atoms with Crippen LogP contribution in [0, 0.1) is 0 Å². The Morgan fingerprint density at radius 3 is 2.78 bits per heavy atom. The van der Waals surface area contributed by atoms with Crippen molar-refractivity contribution >= 4 is 29.3 Å². The minimum absolute atomic E-state index is 0.0401. The van der Waals surface area contributed by atoms with Gasteiger partial charge in [-0.15, -0.1) is 11.8 Å². The fourth-order valence-corrected chi connectivity index (χ4v) is 4.02. The molecule has 2 aromatic rings. The Morgan fingerprint density at radius 2 is 1.96 bits per heavy atom. The molecule has 6 nitrogen and oxygen atoms in total. The fourth-order valence-electron chi connectivity index (χ4n) is 3.09. The molecule has 0 saturated carbocycles. The summed E-state index contributed by atoms with van der Waals surface area (Å²) in [5.41, 5.74) is 2.21. The summed E-state index contributed by atoms with van der Waals surface area (Å²) in [6.45, 7) is 3.40. The second-order valence-corrected chi connectivity index (χ2v) is 7.98. The molecule has 27 heavy (non-hydrogen) atoms. The van der Waals surface area contributed by atoms with Crippen LogP contribution in [-0.4, -0.2) is 42.2 Å². The van der Waals surface area contributed by atoms with Crippen molar-refractivity contribution in [1.29, 1.82) is 0 Å². The van der Waals surface area contributed by atoms with Crippen molar-refractivity contribution in [1.82, 2.24) is 4.90 Å². The third kappa shape index (κ3) is 3.60. The van der Waals surface area contributed by atoms with Crippen LogP contribution >= 0.6 is 11.8 Å². The van der Waals surface area contributed by atoms with Crippen LogP contribution in [0.15, 0.2) is 41.3 Å². The summed E-state index contributed by atoms with van der Waals surface area (Å²) in [7, 11) is 1.76. The molecule has 0 aliphatic carbocycles. The third-order valence-electron chi connectivity index (χ3n) is 4.53. The smallest absolute Gasteiger partial charge is 0.253 e. The molecule has 0 spiro atoms. The molecule has 0 bridgehead atoms. The number of nitrogens with one attached hydrogen (secondary N) is 1. The maximum Gasteiger partial charge on any atom is 0.253 e. The summed E-state index contributed by atoms with van der Waals surface area (Å²) < 4.78 is 11.1. The lowest BCUT2D eigenvalue weighted by molar-refractivity contribution is -0.115. The SMILES string of the molecule is CC1Sc2ccc(C(=O)N(C)Cc3ccc4c(c3)OCCO4)cc2NC1=O. The van der Waals surface area contributed by atoms with Gasteiger partial charge in [0.1, 0.15) is 13.2 Å². The molecule has 1 atom stereocenters. The highest BCUT2D eigenvalue weighted by molar-refractivity contribution is 8.00. The number of nitrogens with zero attached hydrogens (tertiary/aromatic N) is 1. The van der Waals surface area contributed by atoms with Crippen LogP contribution in [0.3, 0.4) is 0 Å². The molecule has 0 radical (unpaired) electrons. The molecule has 1 N–H and O–H groups in total. The molecular formula is C20H20N2O4S. The molecular weight excluding hydrogens is 364 g/mol. The third-order valence-corrected chi connectivity index (χ3v) is 5.71. The predicted molar refractivity (Wildman–Crippen MR) is 104 cm³/mol. The van der Waals surface area contributed by atoms with Gasteiger partial charge in [-0.25, -0.2) is 0 Å². The van der Waals surface area contributed by atoms with Crippen molar-refractivity contribution in [3.05, 3.63) is 47.5 Å². The summed E-state index contributed by atoms with van der Waals surface area (Å²) in [6, 6.07) is 11.1. The van der Waals surface area contributed by atoms with Crippen molar-refractivity contribution in [3.63, 3.8) is 0 Å². The zero-order valence-electron chi connectivity index (χ0n) is 15.2. The van der Waals surface area contributed by atoms with E-state index in [1.54, 1.807) is 24.1 Å². The van der Waals surface area contributed by atoms with Gasteiger partial charge in [-0.3, -0.25) is 9.59 Å². The monoisotopic (exact) mass is 384 g/mol. The van der Waals surface area contributed by atoms with Gasteiger partial charge in [0.05, 0.1) is 10.9 Å². The van der Waals surface area contributed by atoms with Crippen molar-refractivity contribution in [2.75, 3.05) is 25.6 Å². The number of anilines is 1. The molecule has 2 heterocycles. The lowest BCUT2D eigenvalue weighted by Crippen LogP contribution is -2.28. The lowest BCUT2D eigenvalue weighted by Gasteiger charge is -2.23. The van der Waals surface area contributed by atoms with Crippen molar-refractivity contribution in [3.8, 4) is 11.5 Å². The number of carbonyl (C=O) groups excluding carboxylic acids is 2. The average molecular weight is 384 g/mol. The normalized spacial score (nSPS) is 17.7. The van der Waals surface area contributed by atoms with Crippen LogP contribution in [0.2, 0.25) is 0 Å². The van der Waals surface area contributed by atoms with Crippen LogP contribution in [-0.2, 0) is 11.3 Å². The molecule has 1 unspecified atom stereocenters. The topological polar surface area (TPSA) is 67.9 Å². The van der Waals surface area contributed by atoms with E-state index in [2.05, 4.69) is 5.32 Å². The van der Waals surface area contributed by atoms with Crippen molar-refractivity contribution < 1.29 is 19.1 Å². The highest BCUT2D eigenvalue weighted by Gasteiger charge is 2.24. The van der Waals surface area contributed by atoms with E-state index in [-0.39, 0.29) is 17.1 Å². The summed E-state index contributed by atoms with van der Waals surface area (Å²) in [5, 5.41) is 2.74. The molecule has 2 aliphatic rings. The van der Waals surface area contributed by atoms with Crippen LogP contribution in [0.4, 0.5) is 5.69 Å². The first kappa shape index (κ1) is 17.7. The second-order valence-electron chi connectivity index (χ2n) is 6.60. The molecule has 2 aliphatic heterocycles. The van der Waals surface area contributed by atoms with Crippen molar-refractivity contribution in [2.24, 2.45) is 0 Å². The average Bonchev–Trinajstić information content (AvgIpc) is 2.68. The van der Waals surface area contributed by atoms with E-state index in [1.807, 2.05) is 31.2 Å². The summed E-state index contributed by atoms with van der Waals surface area (Å²) in [5.74, 6) is 1.30. The number of ether oxygens (including phenoxy) is 2. The molecule has 140 valence electrons. The van der Waals surface area contributed by atoms with Crippen LogP contribution in [0.25, 0.3) is 0 Å². The van der Waals surface area contributed by atoms with Gasteiger partial charge in [-0.05, 0) is 42.8 Å². The Hall–Kier alpha value is -2.67. The molecule has 4 rings (SSSR count). The largest absolute Gasteiger partial charge is 0.486 e. The molecule has 7 heteroatoms. The number of fused-ring (bicyclic) bond motifs is 2. The lowest BCUT2D eigenvalue weighted by atomic mass is 10.1. The highest BCUT2D eigenvalue weighted by Crippen LogP contribution is 2.36. The molecule has 2 amide bonds. The van der Waals surface area contributed by atoms with Gasteiger partial charge in [0.2, 0.25) is 5.91 Å². The zero-order chi connectivity index (χ0) is 19.0. The predicted octanol–water partition coefficient (Wildman–Crippen LogP) is 3.16. The van der Waals surface area contributed by atoms with Gasteiger partial charge in [0.15, 0.2) is 11.5 Å². The van der Waals surface area contributed by atoms with Gasteiger partial charge < -0.3 is 19.7 Å². The number of amides is 2. The zero-order valence-corrected chi connectivity index (χ0v) is 16.0. The van der Waals surface area contributed by atoms with Crippen molar-refractivity contribution in [2.45, 2.75) is 23.6 Å². The van der Waals surface area contributed by atoms with Gasteiger partial charge >= 0.3 is 0 Å². The Balaban J connectivity index is 1.49. The number of thioether (sulfide) groups is 1. The maximum atomic E-state index is 12.8. The Morgan fingerprint density at radius 1 is 1.19 bits per heavy atom. The minimum atomic E-state index is -0.128. The van der Waals surface area contributed by atoms with E-state index in [0.717, 1.165) is 16.2 Å². The van der Waals surface area contributed by atoms with Crippen LogP contribution in [0.5, 0.6) is 11.5 Å². The first-order valence-electron chi connectivity index (χ1n) is 8.77. The minimum Gasteiger partial charge on any atom is -0.486 e. The van der Waals surface area contributed by atoms with E-state index in [1.165, 1.54) is 11.8 Å². The Bertz CT molecular complexity index is 915. The van der Waals surface area contributed by atoms with E-state index in [0.29, 0.717) is 36.8 Å². The number of hydrogen-bond acceptors (Lipinski definition) is 5. The van der Waals surface area contributed by atoms with E-state index in [9.17, 15) is 9.59 Å². The number of carbonyl (C=O) groups is 2. The van der Waals surface area contributed by atoms with E-state index in [4.69, 9.17) is 9.47 Å². The maximum absolute atomic E-state index is 12.8. The van der Waals surface area contributed by atoms with E-state index < -0.39 is 0 Å². The number of rotatable bonds is 3. The first-order chi connectivity index (χ1) is 13.0. The highest BCUT2D eigenvalue weighted by atomic mass is 32.2. The van der Waals surface area contributed by atoms with Gasteiger partial charge in [-0.2, -0.15) is 0 Å². The van der Waals surface area contributed by atoms with Gasteiger partial charge in [-0.1, -0.05) is 6.07 Å². The van der Waals surface area contributed by atoms with Gasteiger partial charge in [0, 0.05) is 24.1 Å². The number of benzene rings is 2. The molecule has 2 aromatic carbocycles. The second kappa shape index (κ2) is 7.15. The standard InChI is InChI=1S/C20H20N2O4S/c1-12-19(23)21-15-10-14(4-6-18(15)27-12)20(24)22(2)11-13-3-5-16-17(9-13)26-8-7-25-16/h3-6,9-10,12H,7-8,11H2,1-2H3,(H,21,23).